The highest BCUT2D eigenvalue weighted by atomic mass is 16.5. The molecular formula is C35H50N2O2. The second-order valence-corrected chi connectivity index (χ2v) is 10.8. The van der Waals surface area contributed by atoms with Crippen molar-refractivity contribution in [1.82, 2.24) is 9.97 Å². The van der Waals surface area contributed by atoms with Gasteiger partial charge in [0.2, 0.25) is 0 Å². The molecule has 1 atom stereocenters. The van der Waals surface area contributed by atoms with E-state index in [9.17, 15) is 0 Å². The third-order valence-corrected chi connectivity index (χ3v) is 7.25. The van der Waals surface area contributed by atoms with E-state index in [-0.39, 0.29) is 6.10 Å². The highest BCUT2D eigenvalue weighted by molar-refractivity contribution is 5.67. The van der Waals surface area contributed by atoms with Crippen LogP contribution in [0, 0.1) is 0 Å². The minimum absolute atomic E-state index is 0.248. The van der Waals surface area contributed by atoms with Gasteiger partial charge >= 0.3 is 0 Å². The first-order chi connectivity index (χ1) is 19.2. The molecule has 212 valence electrons. The standard InChI is InChI=1S/C35H50N2O2/c1-4-6-8-10-11-12-13-15-24-38-29(3)26-30-16-18-31(19-17-30)32-20-22-33(23-21-32)35-36-27-34(28-37-35)39-25-14-9-7-5-2/h16-23,27-29H,4-15,24-26H2,1-3H3. The average Bonchev–Trinajstić information content (AvgIpc) is 2.97. The number of nitrogens with zero attached hydrogens (tertiary/aromatic N) is 2. The van der Waals surface area contributed by atoms with Crippen molar-refractivity contribution in [3.05, 3.63) is 66.5 Å². The van der Waals surface area contributed by atoms with Crippen LogP contribution in [0.1, 0.15) is 103 Å². The SMILES string of the molecule is CCCCCCCCCCOC(C)Cc1ccc(-c2ccc(-c3ncc(OCCCCCC)cn3)cc2)cc1. The number of rotatable bonds is 20. The van der Waals surface area contributed by atoms with E-state index >= 15 is 0 Å². The summed E-state index contributed by atoms with van der Waals surface area (Å²) in [6.07, 6.45) is 20.2. The quantitative estimate of drug-likeness (QED) is 0.136. The van der Waals surface area contributed by atoms with Gasteiger partial charge in [0.05, 0.1) is 25.1 Å². The van der Waals surface area contributed by atoms with E-state index in [0.29, 0.717) is 0 Å². The number of ether oxygens (including phenoxy) is 2. The third-order valence-electron chi connectivity index (χ3n) is 7.25. The molecule has 0 fully saturated rings. The molecule has 3 aromatic rings. The largest absolute Gasteiger partial charge is 0.490 e. The van der Waals surface area contributed by atoms with Gasteiger partial charge in [0.25, 0.3) is 0 Å². The van der Waals surface area contributed by atoms with Gasteiger partial charge in [0.1, 0.15) is 0 Å². The van der Waals surface area contributed by atoms with Gasteiger partial charge < -0.3 is 9.47 Å². The van der Waals surface area contributed by atoms with Crippen LogP contribution in [0.15, 0.2) is 60.9 Å². The van der Waals surface area contributed by atoms with Gasteiger partial charge in [-0.05, 0) is 42.9 Å². The minimum atomic E-state index is 0.248. The topological polar surface area (TPSA) is 44.2 Å². The summed E-state index contributed by atoms with van der Waals surface area (Å²) in [6, 6.07) is 17.3. The Labute approximate surface area is 237 Å². The van der Waals surface area contributed by atoms with Crippen LogP contribution in [0.2, 0.25) is 0 Å². The molecule has 0 aliphatic heterocycles. The summed E-state index contributed by atoms with van der Waals surface area (Å²) in [5.41, 5.74) is 4.73. The Hall–Kier alpha value is -2.72. The van der Waals surface area contributed by atoms with Crippen LogP contribution >= 0.6 is 0 Å². The van der Waals surface area contributed by atoms with Crippen molar-refractivity contribution in [3.63, 3.8) is 0 Å². The Bertz CT molecular complexity index is 1020. The van der Waals surface area contributed by atoms with Crippen LogP contribution in [0.5, 0.6) is 5.75 Å². The number of unbranched alkanes of at least 4 members (excludes halogenated alkanes) is 10. The van der Waals surface area contributed by atoms with Crippen LogP contribution in [0.25, 0.3) is 22.5 Å². The summed E-state index contributed by atoms with van der Waals surface area (Å²) in [4.78, 5) is 9.01. The molecule has 4 nitrogen and oxygen atoms in total. The Morgan fingerprint density at radius 3 is 1.69 bits per heavy atom. The fourth-order valence-corrected chi connectivity index (χ4v) is 4.82. The molecule has 0 saturated heterocycles. The predicted octanol–water partition coefficient (Wildman–Crippen LogP) is 9.86. The van der Waals surface area contributed by atoms with E-state index in [1.807, 2.05) is 0 Å². The van der Waals surface area contributed by atoms with Gasteiger partial charge in [-0.3, -0.25) is 0 Å². The number of hydrogen-bond donors (Lipinski definition) is 0. The summed E-state index contributed by atoms with van der Waals surface area (Å²) >= 11 is 0. The fourth-order valence-electron chi connectivity index (χ4n) is 4.82. The predicted molar refractivity (Wildman–Crippen MR) is 164 cm³/mol. The molecule has 1 aromatic heterocycles. The molecule has 0 spiro atoms. The van der Waals surface area contributed by atoms with Gasteiger partial charge in [0, 0.05) is 12.2 Å². The van der Waals surface area contributed by atoms with Crippen molar-refractivity contribution in [2.45, 2.75) is 110 Å². The summed E-state index contributed by atoms with van der Waals surface area (Å²) in [5, 5.41) is 0. The number of hydrogen-bond acceptors (Lipinski definition) is 4. The molecule has 0 N–H and O–H groups in total. The van der Waals surface area contributed by atoms with Crippen molar-refractivity contribution < 1.29 is 9.47 Å². The van der Waals surface area contributed by atoms with Crippen LogP contribution in [-0.4, -0.2) is 29.3 Å². The molecule has 0 radical (unpaired) electrons. The maximum Gasteiger partial charge on any atom is 0.159 e. The Kier molecular flexibility index (Phi) is 14.7. The van der Waals surface area contributed by atoms with Crippen molar-refractivity contribution in [2.24, 2.45) is 0 Å². The first-order valence-electron chi connectivity index (χ1n) is 15.5. The molecule has 2 aromatic carbocycles. The minimum Gasteiger partial charge on any atom is -0.490 e. The lowest BCUT2D eigenvalue weighted by Crippen LogP contribution is -2.12. The van der Waals surface area contributed by atoms with E-state index in [4.69, 9.17) is 9.47 Å². The summed E-state index contributed by atoms with van der Waals surface area (Å²) < 4.78 is 11.9. The first-order valence-corrected chi connectivity index (χ1v) is 15.5. The highest BCUT2D eigenvalue weighted by Crippen LogP contribution is 2.24. The normalized spacial score (nSPS) is 12.0. The Morgan fingerprint density at radius 2 is 1.08 bits per heavy atom. The van der Waals surface area contributed by atoms with Crippen molar-refractivity contribution in [2.75, 3.05) is 13.2 Å². The fraction of sp³-hybridized carbons (Fsp3) is 0.543. The maximum atomic E-state index is 6.08. The third kappa shape index (κ3) is 11.9. The zero-order chi connectivity index (χ0) is 27.5. The van der Waals surface area contributed by atoms with E-state index in [1.54, 1.807) is 12.4 Å². The number of benzene rings is 2. The second-order valence-electron chi connectivity index (χ2n) is 10.8. The zero-order valence-corrected chi connectivity index (χ0v) is 24.7. The summed E-state index contributed by atoms with van der Waals surface area (Å²) in [5.74, 6) is 1.45. The van der Waals surface area contributed by atoms with Gasteiger partial charge in [-0.15, -0.1) is 0 Å². The second kappa shape index (κ2) is 18.5. The van der Waals surface area contributed by atoms with Crippen molar-refractivity contribution >= 4 is 0 Å². The van der Waals surface area contributed by atoms with Crippen molar-refractivity contribution in [3.8, 4) is 28.3 Å². The summed E-state index contributed by atoms with van der Waals surface area (Å²) in [7, 11) is 0. The first kappa shape index (κ1) is 30.8. The highest BCUT2D eigenvalue weighted by Gasteiger charge is 2.07. The van der Waals surface area contributed by atoms with Gasteiger partial charge in [0.15, 0.2) is 11.6 Å². The Balaban J connectivity index is 1.38. The molecule has 0 amide bonds. The maximum absolute atomic E-state index is 6.08. The molecule has 39 heavy (non-hydrogen) atoms. The van der Waals surface area contributed by atoms with Crippen LogP contribution < -0.4 is 4.74 Å². The lowest BCUT2D eigenvalue weighted by Gasteiger charge is -2.14. The summed E-state index contributed by atoms with van der Waals surface area (Å²) in [6.45, 7) is 8.27. The molecule has 0 aliphatic carbocycles. The lowest BCUT2D eigenvalue weighted by atomic mass is 10.0. The van der Waals surface area contributed by atoms with Gasteiger partial charge in [-0.2, -0.15) is 0 Å². The molecule has 1 unspecified atom stereocenters. The van der Waals surface area contributed by atoms with Crippen LogP contribution in [-0.2, 0) is 11.2 Å². The van der Waals surface area contributed by atoms with E-state index in [2.05, 4.69) is 79.3 Å². The zero-order valence-electron chi connectivity index (χ0n) is 24.7. The van der Waals surface area contributed by atoms with Crippen molar-refractivity contribution in [1.29, 1.82) is 0 Å². The lowest BCUT2D eigenvalue weighted by molar-refractivity contribution is 0.0635. The van der Waals surface area contributed by atoms with E-state index < -0.39 is 0 Å². The Morgan fingerprint density at radius 1 is 0.590 bits per heavy atom. The molecule has 0 saturated carbocycles. The van der Waals surface area contributed by atoms with Crippen LogP contribution in [0.4, 0.5) is 0 Å². The molecule has 0 aliphatic rings. The monoisotopic (exact) mass is 530 g/mol. The molecule has 3 rings (SSSR count). The van der Waals surface area contributed by atoms with E-state index in [0.717, 1.165) is 43.2 Å². The number of aromatic nitrogens is 2. The van der Waals surface area contributed by atoms with Crippen LogP contribution in [0.3, 0.4) is 0 Å². The van der Waals surface area contributed by atoms with Gasteiger partial charge in [-0.1, -0.05) is 127 Å². The smallest absolute Gasteiger partial charge is 0.159 e. The molecular weight excluding hydrogens is 480 g/mol. The van der Waals surface area contributed by atoms with Gasteiger partial charge in [-0.25, -0.2) is 9.97 Å². The molecule has 4 heteroatoms. The molecule has 0 bridgehead atoms. The molecule has 1 heterocycles. The average molecular weight is 531 g/mol. The van der Waals surface area contributed by atoms with E-state index in [1.165, 1.54) is 87.3 Å².